The van der Waals surface area contributed by atoms with Gasteiger partial charge < -0.3 is 83.1 Å². The molecule has 25 atom stereocenters. The summed E-state index contributed by atoms with van der Waals surface area (Å²) in [7, 11) is 1.50. The van der Waals surface area contributed by atoms with Crippen molar-refractivity contribution in [1.29, 1.82) is 0 Å². The Labute approximate surface area is 409 Å². The molecule has 8 fully saturated rings. The molecule has 0 bridgehead atoms. The minimum absolute atomic E-state index is 0.0424. The number of methoxy groups -OCH3 is 1. The molecule has 4 aliphatic carbocycles. The van der Waals surface area contributed by atoms with E-state index in [1.165, 1.54) is 31.7 Å². The van der Waals surface area contributed by atoms with Gasteiger partial charge in [-0.2, -0.15) is 0 Å². The number of rotatable bonds is 11. The third-order valence-corrected chi connectivity index (χ3v) is 18.9. The van der Waals surface area contributed by atoms with Crippen molar-refractivity contribution >= 4 is 5.97 Å². The van der Waals surface area contributed by atoms with Gasteiger partial charge in [-0.05, 0) is 123 Å². The number of carbonyl (C=O) groups is 1. The molecule has 392 valence electrons. The molecule has 70 heavy (non-hydrogen) atoms. The van der Waals surface area contributed by atoms with Gasteiger partial charge >= 0.3 is 5.97 Å². The summed E-state index contributed by atoms with van der Waals surface area (Å²) in [5.74, 6) is 2.37. The smallest absolute Gasteiger partial charge is 0.338 e. The molecule has 1 spiro atoms. The second kappa shape index (κ2) is 19.7. The summed E-state index contributed by atoms with van der Waals surface area (Å²) in [5.41, 5.74) is 1.69. The van der Waals surface area contributed by atoms with E-state index in [2.05, 4.69) is 33.8 Å². The minimum Gasteiger partial charge on any atom is -0.497 e. The van der Waals surface area contributed by atoms with Crippen LogP contribution in [0.25, 0.3) is 0 Å². The van der Waals surface area contributed by atoms with E-state index in [0.717, 1.165) is 51.6 Å². The van der Waals surface area contributed by atoms with Crippen LogP contribution in [0.15, 0.2) is 35.9 Å². The van der Waals surface area contributed by atoms with E-state index in [1.54, 1.807) is 12.1 Å². The fourth-order valence-corrected chi connectivity index (χ4v) is 14.8. The maximum Gasteiger partial charge on any atom is 0.338 e. The predicted molar refractivity (Wildman–Crippen MR) is 244 cm³/mol. The first-order valence-corrected chi connectivity index (χ1v) is 25.8. The molecule has 18 nitrogen and oxygen atoms in total. The highest BCUT2D eigenvalue weighted by atomic mass is 16.8. The van der Waals surface area contributed by atoms with Crippen LogP contribution in [0.5, 0.6) is 5.75 Å². The average Bonchev–Trinajstić information content (AvgIpc) is 3.91. The zero-order valence-electron chi connectivity index (χ0n) is 41.2. The molecule has 0 aromatic heterocycles. The van der Waals surface area contributed by atoms with Gasteiger partial charge in [0.25, 0.3) is 0 Å². The molecule has 3 saturated carbocycles. The van der Waals surface area contributed by atoms with Gasteiger partial charge in [-0.25, -0.2) is 4.79 Å². The van der Waals surface area contributed by atoms with Gasteiger partial charge in [-0.15, -0.1) is 0 Å². The van der Waals surface area contributed by atoms with Gasteiger partial charge in [-0.3, -0.25) is 0 Å². The predicted octanol–water partition coefficient (Wildman–Crippen LogP) is 2.73. The van der Waals surface area contributed by atoms with E-state index in [1.807, 2.05) is 0 Å². The van der Waals surface area contributed by atoms with Crippen LogP contribution < -0.4 is 4.74 Å². The van der Waals surface area contributed by atoms with E-state index in [-0.39, 0.29) is 28.6 Å². The number of aliphatic hydroxyl groups is 7. The second-order valence-electron chi connectivity index (χ2n) is 22.7. The quantitative estimate of drug-likeness (QED) is 0.124. The number of aliphatic hydroxyl groups excluding tert-OH is 7. The van der Waals surface area contributed by atoms with Gasteiger partial charge in [0.2, 0.25) is 0 Å². The maximum atomic E-state index is 12.8. The minimum atomic E-state index is -1.74. The fourth-order valence-electron chi connectivity index (χ4n) is 14.8. The molecule has 1 aromatic carbocycles. The van der Waals surface area contributed by atoms with Gasteiger partial charge in [0.1, 0.15) is 73.4 Å². The summed E-state index contributed by atoms with van der Waals surface area (Å²) >= 11 is 0. The first-order chi connectivity index (χ1) is 33.4. The molecular weight excluding hydrogens is 913 g/mol. The van der Waals surface area contributed by atoms with Crippen LogP contribution in [0.2, 0.25) is 0 Å². The van der Waals surface area contributed by atoms with E-state index in [9.17, 15) is 40.5 Å². The molecule has 5 heterocycles. The zero-order chi connectivity index (χ0) is 49.6. The van der Waals surface area contributed by atoms with Crippen LogP contribution >= 0.6 is 0 Å². The SMILES string of the molecule is COc1ccc(C(=O)OC[C@@H]2OC(O[C@H]3[C@H](O)[C@@H](OC4O[C@@H](C)[C@H](O)[C@@H](O)[C@H]4O)[C@H](O[C@H]4CC[C@@]5(C)C(=CCC6C7CC8O[C@]9(CC[C@@H](C)CO9)C(C)C8[C@@]7(C)CCC65)C4)O[C@@H]3CO)[C@H](O)[C@H]2O)cc1. The van der Waals surface area contributed by atoms with Crippen molar-refractivity contribution in [2.24, 2.45) is 46.3 Å². The fraction of sp³-hybridized carbons (Fsp3) is 0.827. The summed E-state index contributed by atoms with van der Waals surface area (Å²) in [6, 6.07) is 6.21. The number of fused-ring (bicyclic) bond motifs is 7. The molecule has 10 rings (SSSR count). The van der Waals surface area contributed by atoms with Crippen LogP contribution in [0.4, 0.5) is 0 Å². The Bertz CT molecular complexity index is 2030. The van der Waals surface area contributed by atoms with Crippen molar-refractivity contribution in [3.05, 3.63) is 41.5 Å². The van der Waals surface area contributed by atoms with E-state index < -0.39 is 111 Å². The highest BCUT2D eigenvalue weighted by Gasteiger charge is 2.69. The number of benzene rings is 1. The molecular formula is C52H76O18. The molecule has 0 radical (unpaired) electrons. The van der Waals surface area contributed by atoms with Crippen molar-refractivity contribution in [2.75, 3.05) is 26.9 Å². The highest BCUT2D eigenvalue weighted by Crippen LogP contribution is 2.70. The Kier molecular flexibility index (Phi) is 14.4. The number of allylic oxidation sites excluding steroid dienone is 1. The standard InChI is InChI=1S/C52H76O18/c1-24-13-18-52(63-22-24)25(2)37-34(70-52)20-33-31-12-9-28-19-30(14-16-50(28,4)32(31)15-17-51(33,37)5)65-49-45(69-47-42(58)40(56)38(54)26(3)64-47)43(59)44(35(21-53)66-49)68-48-41(57)39(55)36(67-48)23-62-46(60)27-7-10-29(61-6)11-8-27/h7-11,24-26,30-45,47-49,53-59H,12-23H2,1-6H3/t24-,25?,26+,30+,31?,32?,33?,34?,35-,36+,37?,38+,39+,40-,41-,42-,43+,44-,45-,47?,48?,49-,50+,51+,52-/m1/s1. The number of esters is 1. The van der Waals surface area contributed by atoms with Gasteiger partial charge in [-0.1, -0.05) is 39.3 Å². The Hall–Kier alpha value is -2.37. The average molecular weight is 989 g/mol. The lowest BCUT2D eigenvalue weighted by atomic mass is 9.47. The molecule has 7 N–H and O–H groups in total. The van der Waals surface area contributed by atoms with Gasteiger partial charge in [0.05, 0.1) is 44.2 Å². The molecule has 5 saturated heterocycles. The molecule has 8 unspecified atom stereocenters. The third-order valence-electron chi connectivity index (χ3n) is 18.9. The van der Waals surface area contributed by atoms with E-state index >= 15 is 0 Å². The molecule has 5 aliphatic heterocycles. The normalized spacial score (nSPS) is 51.0. The topological polar surface area (TPSA) is 251 Å². The lowest BCUT2D eigenvalue weighted by Crippen LogP contribution is -2.65. The summed E-state index contributed by atoms with van der Waals surface area (Å²) < 4.78 is 61.2. The van der Waals surface area contributed by atoms with Crippen molar-refractivity contribution in [3.8, 4) is 5.75 Å². The van der Waals surface area contributed by atoms with Crippen LogP contribution in [0.1, 0.15) is 103 Å². The Morgan fingerprint density at radius 3 is 2.19 bits per heavy atom. The van der Waals surface area contributed by atoms with Crippen molar-refractivity contribution in [3.63, 3.8) is 0 Å². The molecule has 1 aromatic rings. The summed E-state index contributed by atoms with van der Waals surface area (Å²) in [6.45, 7) is 10.7. The lowest BCUT2D eigenvalue weighted by molar-refractivity contribution is -0.380. The van der Waals surface area contributed by atoms with Gasteiger partial charge in [0, 0.05) is 12.3 Å². The first-order valence-electron chi connectivity index (χ1n) is 25.8. The second-order valence-corrected chi connectivity index (χ2v) is 22.7. The van der Waals surface area contributed by atoms with Crippen molar-refractivity contribution < 1.29 is 87.9 Å². The number of ether oxygens (including phenoxy) is 10. The Morgan fingerprint density at radius 2 is 1.47 bits per heavy atom. The molecule has 9 aliphatic rings. The zero-order valence-corrected chi connectivity index (χ0v) is 41.2. The monoisotopic (exact) mass is 989 g/mol. The van der Waals surface area contributed by atoms with Crippen LogP contribution in [0, 0.1) is 46.3 Å². The molecule has 0 amide bonds. The van der Waals surface area contributed by atoms with Crippen molar-refractivity contribution in [2.45, 2.75) is 196 Å². The highest BCUT2D eigenvalue weighted by molar-refractivity contribution is 5.89. The Balaban J connectivity index is 0.826. The number of hydrogen-bond donors (Lipinski definition) is 7. The lowest BCUT2D eigenvalue weighted by Gasteiger charge is -2.58. The summed E-state index contributed by atoms with van der Waals surface area (Å²) in [6.07, 6.45) is -9.86. The first kappa shape index (κ1) is 51.1. The van der Waals surface area contributed by atoms with Gasteiger partial charge in [0.15, 0.2) is 24.7 Å². The maximum absolute atomic E-state index is 12.8. The van der Waals surface area contributed by atoms with Crippen molar-refractivity contribution in [1.82, 2.24) is 0 Å². The van der Waals surface area contributed by atoms with E-state index in [0.29, 0.717) is 54.1 Å². The number of hydrogen-bond acceptors (Lipinski definition) is 18. The summed E-state index contributed by atoms with van der Waals surface area (Å²) in [4.78, 5) is 12.8. The third kappa shape index (κ3) is 8.79. The van der Waals surface area contributed by atoms with E-state index in [4.69, 9.17) is 47.4 Å². The van der Waals surface area contributed by atoms with Crippen LogP contribution in [0.3, 0.4) is 0 Å². The number of carbonyl (C=O) groups excluding carboxylic acids is 1. The molecule has 18 heteroatoms. The van der Waals surface area contributed by atoms with Crippen LogP contribution in [-0.4, -0.2) is 173 Å². The largest absolute Gasteiger partial charge is 0.497 e. The summed E-state index contributed by atoms with van der Waals surface area (Å²) in [5, 5.41) is 77.1. The van der Waals surface area contributed by atoms with Crippen LogP contribution in [-0.2, 0) is 42.6 Å². The Morgan fingerprint density at radius 1 is 0.757 bits per heavy atom.